The molecule has 0 radical (unpaired) electrons. The van der Waals surface area contributed by atoms with Crippen molar-refractivity contribution in [3.63, 3.8) is 0 Å². The molecule has 0 fully saturated rings. The molecule has 4 nitrogen and oxygen atoms in total. The zero-order valence-electron chi connectivity index (χ0n) is 13.8. The Morgan fingerprint density at radius 3 is 2.35 bits per heavy atom. The van der Waals surface area contributed by atoms with Gasteiger partial charge in [0.05, 0.1) is 6.61 Å². The number of aryl methyl sites for hydroxylation is 1. The molecule has 0 atom stereocenters. The molecule has 0 saturated carbocycles. The molecular weight excluding hydrogens is 268 g/mol. The molecule has 2 N–H and O–H groups in total. The Kier molecular flexibility index (Phi) is 5.21. The highest BCUT2D eigenvalue weighted by Crippen LogP contribution is 2.36. The quantitative estimate of drug-likeness (QED) is 0.665. The molecular formula is C15H28N2O2Si. The summed E-state index contributed by atoms with van der Waals surface area (Å²) in [6.45, 7) is 16.1. The Morgan fingerprint density at radius 2 is 1.80 bits per heavy atom. The maximum Gasteiger partial charge on any atom is 0.218 e. The Balaban J connectivity index is 2.54. The first-order valence-corrected chi connectivity index (χ1v) is 9.96. The van der Waals surface area contributed by atoms with Gasteiger partial charge < -0.3 is 14.9 Å². The number of aromatic nitrogens is 1. The van der Waals surface area contributed by atoms with E-state index in [1.807, 2.05) is 19.9 Å². The molecule has 114 valence electrons. The van der Waals surface area contributed by atoms with Crippen LogP contribution in [0.15, 0.2) is 6.07 Å². The highest BCUT2D eigenvalue weighted by atomic mass is 28.4. The SMILES string of the molecule is Cc1cc(N)c(C)c(OCCO[Si](C)(C)C(C)(C)C)n1. The van der Waals surface area contributed by atoms with Crippen molar-refractivity contribution < 1.29 is 9.16 Å². The molecule has 0 amide bonds. The molecule has 1 aromatic heterocycles. The van der Waals surface area contributed by atoms with Gasteiger partial charge >= 0.3 is 0 Å². The maximum absolute atomic E-state index is 6.07. The minimum atomic E-state index is -1.70. The van der Waals surface area contributed by atoms with Crippen molar-refractivity contribution in [3.05, 3.63) is 17.3 Å². The number of rotatable bonds is 5. The molecule has 0 aliphatic rings. The van der Waals surface area contributed by atoms with Gasteiger partial charge in [-0.3, -0.25) is 0 Å². The van der Waals surface area contributed by atoms with E-state index in [4.69, 9.17) is 14.9 Å². The Bertz CT molecular complexity index is 468. The lowest BCUT2D eigenvalue weighted by molar-refractivity contribution is 0.198. The van der Waals surface area contributed by atoms with Crippen LogP contribution in [0, 0.1) is 13.8 Å². The van der Waals surface area contributed by atoms with E-state index in [0.717, 1.165) is 16.9 Å². The molecule has 0 aromatic carbocycles. The number of nitrogen functional groups attached to an aromatic ring is 1. The van der Waals surface area contributed by atoms with E-state index in [2.05, 4.69) is 38.8 Å². The van der Waals surface area contributed by atoms with Gasteiger partial charge in [0.25, 0.3) is 0 Å². The lowest BCUT2D eigenvalue weighted by Crippen LogP contribution is -2.41. The van der Waals surface area contributed by atoms with E-state index in [9.17, 15) is 0 Å². The molecule has 0 spiro atoms. The molecule has 5 heteroatoms. The fourth-order valence-corrected chi connectivity index (χ4v) is 2.55. The lowest BCUT2D eigenvalue weighted by Gasteiger charge is -2.36. The Labute approximate surface area is 123 Å². The van der Waals surface area contributed by atoms with Crippen LogP contribution in [0.2, 0.25) is 18.1 Å². The van der Waals surface area contributed by atoms with Crippen molar-refractivity contribution in [2.24, 2.45) is 0 Å². The van der Waals surface area contributed by atoms with Crippen LogP contribution < -0.4 is 10.5 Å². The van der Waals surface area contributed by atoms with Crippen molar-refractivity contribution in [1.29, 1.82) is 0 Å². The average Bonchev–Trinajstić information content (AvgIpc) is 2.29. The Hall–Kier alpha value is -1.07. The summed E-state index contributed by atoms with van der Waals surface area (Å²) in [5.74, 6) is 0.612. The third kappa shape index (κ3) is 4.21. The predicted molar refractivity (Wildman–Crippen MR) is 86.8 cm³/mol. The predicted octanol–water partition coefficient (Wildman–Crippen LogP) is 3.68. The van der Waals surface area contributed by atoms with Crippen LogP contribution in [0.25, 0.3) is 0 Å². The average molecular weight is 296 g/mol. The zero-order valence-corrected chi connectivity index (χ0v) is 14.8. The highest BCUT2D eigenvalue weighted by molar-refractivity contribution is 6.74. The largest absolute Gasteiger partial charge is 0.475 e. The number of nitrogens with two attached hydrogens (primary N) is 1. The third-order valence-corrected chi connectivity index (χ3v) is 8.53. The normalized spacial score (nSPS) is 12.6. The second-order valence-corrected chi connectivity index (χ2v) is 11.5. The summed E-state index contributed by atoms with van der Waals surface area (Å²) < 4.78 is 11.8. The number of nitrogens with zero attached hydrogens (tertiary/aromatic N) is 1. The molecule has 20 heavy (non-hydrogen) atoms. The first-order chi connectivity index (χ1) is 9.04. The summed E-state index contributed by atoms with van der Waals surface area (Å²) in [5, 5.41) is 0.217. The number of hydrogen-bond donors (Lipinski definition) is 1. The maximum atomic E-state index is 6.07. The smallest absolute Gasteiger partial charge is 0.218 e. The van der Waals surface area contributed by atoms with Gasteiger partial charge in [0.15, 0.2) is 8.32 Å². The summed E-state index contributed by atoms with van der Waals surface area (Å²) in [7, 11) is -1.70. The summed E-state index contributed by atoms with van der Waals surface area (Å²) in [6, 6.07) is 1.86. The van der Waals surface area contributed by atoms with E-state index in [0.29, 0.717) is 19.1 Å². The van der Waals surface area contributed by atoms with Crippen molar-refractivity contribution in [2.45, 2.75) is 52.8 Å². The zero-order chi connectivity index (χ0) is 15.6. The van der Waals surface area contributed by atoms with Crippen LogP contribution >= 0.6 is 0 Å². The van der Waals surface area contributed by atoms with Gasteiger partial charge in [-0.15, -0.1) is 0 Å². The first-order valence-electron chi connectivity index (χ1n) is 7.05. The van der Waals surface area contributed by atoms with Crippen molar-refractivity contribution in [1.82, 2.24) is 4.98 Å². The number of ether oxygens (including phenoxy) is 1. The third-order valence-electron chi connectivity index (χ3n) is 3.99. The van der Waals surface area contributed by atoms with Crippen LogP contribution in [0.3, 0.4) is 0 Å². The van der Waals surface area contributed by atoms with Crippen LogP contribution in [-0.2, 0) is 4.43 Å². The molecule has 0 bridgehead atoms. The lowest BCUT2D eigenvalue weighted by atomic mass is 10.2. The molecule has 1 heterocycles. The van der Waals surface area contributed by atoms with Crippen molar-refractivity contribution in [3.8, 4) is 5.88 Å². The van der Waals surface area contributed by atoms with Crippen LogP contribution in [0.4, 0.5) is 5.69 Å². The van der Waals surface area contributed by atoms with Gasteiger partial charge in [0.1, 0.15) is 6.61 Å². The minimum absolute atomic E-state index is 0.217. The molecule has 0 aliphatic carbocycles. The summed E-state index contributed by atoms with van der Waals surface area (Å²) in [4.78, 5) is 4.37. The first kappa shape index (κ1) is 17.0. The van der Waals surface area contributed by atoms with Crippen LogP contribution in [0.5, 0.6) is 5.88 Å². The molecule has 0 aliphatic heterocycles. The summed E-state index contributed by atoms with van der Waals surface area (Å²) >= 11 is 0. The summed E-state index contributed by atoms with van der Waals surface area (Å²) in [5.41, 5.74) is 8.39. The van der Waals surface area contributed by atoms with E-state index in [1.165, 1.54) is 0 Å². The van der Waals surface area contributed by atoms with Crippen LogP contribution in [0.1, 0.15) is 32.0 Å². The highest BCUT2D eigenvalue weighted by Gasteiger charge is 2.36. The van der Waals surface area contributed by atoms with E-state index >= 15 is 0 Å². The number of anilines is 1. The van der Waals surface area contributed by atoms with Gasteiger partial charge in [-0.2, -0.15) is 0 Å². The van der Waals surface area contributed by atoms with Crippen molar-refractivity contribution in [2.75, 3.05) is 18.9 Å². The van der Waals surface area contributed by atoms with Crippen molar-refractivity contribution >= 4 is 14.0 Å². The number of hydrogen-bond acceptors (Lipinski definition) is 4. The Morgan fingerprint density at radius 1 is 1.20 bits per heavy atom. The fourth-order valence-electron chi connectivity index (χ4n) is 1.53. The fraction of sp³-hybridized carbons (Fsp3) is 0.667. The van der Waals surface area contributed by atoms with Crippen LogP contribution in [-0.4, -0.2) is 26.5 Å². The molecule has 0 unspecified atom stereocenters. The molecule has 1 rings (SSSR count). The van der Waals surface area contributed by atoms with E-state index < -0.39 is 8.32 Å². The standard InChI is InChI=1S/C15H28N2O2Si/c1-11-10-13(16)12(2)14(17-11)18-8-9-19-20(6,7)15(3,4)5/h10H,8-9H2,1-7H3,(H2,16,17). The van der Waals surface area contributed by atoms with E-state index in [1.54, 1.807) is 0 Å². The van der Waals surface area contributed by atoms with Gasteiger partial charge in [-0.1, -0.05) is 20.8 Å². The van der Waals surface area contributed by atoms with Gasteiger partial charge in [0.2, 0.25) is 5.88 Å². The van der Waals surface area contributed by atoms with Gasteiger partial charge in [0, 0.05) is 16.9 Å². The van der Waals surface area contributed by atoms with E-state index in [-0.39, 0.29) is 5.04 Å². The molecule has 1 aromatic rings. The summed E-state index contributed by atoms with van der Waals surface area (Å²) in [6.07, 6.45) is 0. The second kappa shape index (κ2) is 6.14. The monoisotopic (exact) mass is 296 g/mol. The topological polar surface area (TPSA) is 57.4 Å². The second-order valence-electron chi connectivity index (χ2n) is 6.74. The number of pyridine rings is 1. The van der Waals surface area contributed by atoms with Gasteiger partial charge in [-0.25, -0.2) is 4.98 Å². The minimum Gasteiger partial charge on any atom is -0.475 e. The molecule has 0 saturated heterocycles. The van der Waals surface area contributed by atoms with Gasteiger partial charge in [-0.05, 0) is 38.0 Å².